The number of fused-ring (bicyclic) bond motifs is 1. The van der Waals surface area contributed by atoms with Crippen molar-refractivity contribution in [3.8, 4) is 11.4 Å². The van der Waals surface area contributed by atoms with E-state index in [2.05, 4.69) is 58.8 Å². The molecule has 3 aromatic rings. The Morgan fingerprint density at radius 3 is 2.71 bits per heavy atom. The lowest BCUT2D eigenvalue weighted by Crippen LogP contribution is -2.39. The largest absolute Gasteiger partial charge is 0.328 e. The molecular weight excluding hydrogens is 296 g/mol. The van der Waals surface area contributed by atoms with Gasteiger partial charge in [-0.05, 0) is 38.1 Å². The van der Waals surface area contributed by atoms with Crippen molar-refractivity contribution in [3.63, 3.8) is 0 Å². The van der Waals surface area contributed by atoms with Crippen LogP contribution in [0.25, 0.3) is 22.2 Å². The first-order chi connectivity index (χ1) is 11.7. The summed E-state index contributed by atoms with van der Waals surface area (Å²) < 4.78 is 2.38. The highest BCUT2D eigenvalue weighted by atomic mass is 15.2. The minimum atomic E-state index is 0.537. The summed E-state index contributed by atoms with van der Waals surface area (Å²) in [6.45, 7) is 6.90. The molecule has 1 aliphatic rings. The van der Waals surface area contributed by atoms with E-state index in [1.165, 1.54) is 42.3 Å². The van der Waals surface area contributed by atoms with Gasteiger partial charge in [0.25, 0.3) is 0 Å². The summed E-state index contributed by atoms with van der Waals surface area (Å²) in [5.41, 5.74) is 1.20. The van der Waals surface area contributed by atoms with Crippen LogP contribution < -0.4 is 0 Å². The van der Waals surface area contributed by atoms with Crippen molar-refractivity contribution in [1.29, 1.82) is 0 Å². The minimum absolute atomic E-state index is 0.537. The van der Waals surface area contributed by atoms with Crippen LogP contribution in [0.4, 0.5) is 0 Å². The van der Waals surface area contributed by atoms with Crippen molar-refractivity contribution in [2.24, 2.45) is 0 Å². The van der Waals surface area contributed by atoms with Crippen LogP contribution in [0.3, 0.4) is 0 Å². The zero-order valence-electron chi connectivity index (χ0n) is 14.4. The van der Waals surface area contributed by atoms with E-state index in [1.54, 1.807) is 0 Å². The fourth-order valence-corrected chi connectivity index (χ4v) is 3.81. The molecule has 24 heavy (non-hydrogen) atoms. The number of imidazole rings is 1. The molecule has 124 valence electrons. The Morgan fingerprint density at radius 2 is 1.92 bits per heavy atom. The summed E-state index contributed by atoms with van der Waals surface area (Å²) in [5.74, 6) is 1.08. The predicted molar refractivity (Wildman–Crippen MR) is 97.9 cm³/mol. The lowest BCUT2D eigenvalue weighted by Gasteiger charge is -2.35. The van der Waals surface area contributed by atoms with E-state index in [0.29, 0.717) is 12.1 Å². The van der Waals surface area contributed by atoms with Crippen LogP contribution >= 0.6 is 0 Å². The van der Waals surface area contributed by atoms with E-state index >= 15 is 0 Å². The highest BCUT2D eigenvalue weighted by Crippen LogP contribution is 2.32. The van der Waals surface area contributed by atoms with E-state index in [-0.39, 0.29) is 0 Å². The van der Waals surface area contributed by atoms with Gasteiger partial charge in [-0.2, -0.15) is 0 Å². The molecule has 1 fully saturated rings. The second kappa shape index (κ2) is 6.36. The smallest absolute Gasteiger partial charge is 0.140 e. The van der Waals surface area contributed by atoms with Crippen molar-refractivity contribution in [2.45, 2.75) is 38.8 Å². The standard InChI is InChI=1S/C20H24N4/c1-15(2)23-11-7-17(8-12-23)24-13-10-22-20(24)19-5-3-4-16-14-21-9-6-18(16)19/h3-6,9-10,13-15,17H,7-8,11-12H2,1-2H3. The van der Waals surface area contributed by atoms with Gasteiger partial charge in [0.15, 0.2) is 0 Å². The summed E-state index contributed by atoms with van der Waals surface area (Å²) in [7, 11) is 0. The van der Waals surface area contributed by atoms with Crippen molar-refractivity contribution < 1.29 is 0 Å². The van der Waals surface area contributed by atoms with Crippen LogP contribution in [-0.4, -0.2) is 38.6 Å². The average molecular weight is 320 g/mol. The summed E-state index contributed by atoms with van der Waals surface area (Å²) in [4.78, 5) is 11.5. The van der Waals surface area contributed by atoms with Crippen LogP contribution in [-0.2, 0) is 0 Å². The first kappa shape index (κ1) is 15.3. The number of hydrogen-bond acceptors (Lipinski definition) is 3. The van der Waals surface area contributed by atoms with Crippen LogP contribution in [0.15, 0.2) is 49.1 Å². The molecule has 2 aromatic heterocycles. The molecule has 4 nitrogen and oxygen atoms in total. The van der Waals surface area contributed by atoms with Gasteiger partial charge in [0.05, 0.1) is 0 Å². The average Bonchev–Trinajstić information content (AvgIpc) is 3.11. The predicted octanol–water partition coefficient (Wildman–Crippen LogP) is 4.14. The fourth-order valence-electron chi connectivity index (χ4n) is 3.81. The zero-order chi connectivity index (χ0) is 16.5. The van der Waals surface area contributed by atoms with Gasteiger partial charge in [0.2, 0.25) is 0 Å². The second-order valence-corrected chi connectivity index (χ2v) is 6.92. The van der Waals surface area contributed by atoms with Gasteiger partial charge in [0.1, 0.15) is 5.82 Å². The number of benzene rings is 1. The lowest BCUT2D eigenvalue weighted by atomic mass is 10.0. The van der Waals surface area contributed by atoms with Gasteiger partial charge >= 0.3 is 0 Å². The molecule has 0 spiro atoms. The molecule has 0 saturated carbocycles. The molecule has 0 aliphatic carbocycles. The molecular formula is C20H24N4. The van der Waals surface area contributed by atoms with Gasteiger partial charge < -0.3 is 9.47 Å². The summed E-state index contributed by atoms with van der Waals surface area (Å²) in [6, 6.07) is 9.64. The lowest BCUT2D eigenvalue weighted by molar-refractivity contribution is 0.152. The van der Waals surface area contributed by atoms with E-state index in [4.69, 9.17) is 4.98 Å². The van der Waals surface area contributed by atoms with Gasteiger partial charge in [-0.3, -0.25) is 4.98 Å². The Labute approximate surface area is 143 Å². The van der Waals surface area contributed by atoms with E-state index < -0.39 is 0 Å². The quantitative estimate of drug-likeness (QED) is 0.727. The summed E-state index contributed by atoms with van der Waals surface area (Å²) >= 11 is 0. The maximum Gasteiger partial charge on any atom is 0.140 e. The third-order valence-corrected chi connectivity index (χ3v) is 5.21. The number of likely N-dealkylation sites (tertiary alicyclic amines) is 1. The molecule has 1 aliphatic heterocycles. The Hall–Kier alpha value is -2.20. The first-order valence-corrected chi connectivity index (χ1v) is 8.84. The topological polar surface area (TPSA) is 34.0 Å². The van der Waals surface area contributed by atoms with Crippen molar-refractivity contribution in [2.75, 3.05) is 13.1 Å². The molecule has 4 heteroatoms. The van der Waals surface area contributed by atoms with Gasteiger partial charge in [0, 0.05) is 60.9 Å². The highest BCUT2D eigenvalue weighted by Gasteiger charge is 2.24. The fraction of sp³-hybridized carbons (Fsp3) is 0.400. The Kier molecular flexibility index (Phi) is 4.07. The van der Waals surface area contributed by atoms with Crippen LogP contribution in [0.2, 0.25) is 0 Å². The van der Waals surface area contributed by atoms with E-state index in [0.717, 1.165) is 5.82 Å². The number of nitrogens with zero attached hydrogens (tertiary/aromatic N) is 4. The normalized spacial score (nSPS) is 17.0. The van der Waals surface area contributed by atoms with Crippen LogP contribution in [0.1, 0.15) is 32.7 Å². The third-order valence-electron chi connectivity index (χ3n) is 5.21. The van der Waals surface area contributed by atoms with Gasteiger partial charge in [-0.25, -0.2) is 4.98 Å². The first-order valence-electron chi connectivity index (χ1n) is 8.84. The molecule has 0 bridgehead atoms. The number of pyridine rings is 1. The highest BCUT2D eigenvalue weighted by molar-refractivity contribution is 5.94. The monoisotopic (exact) mass is 320 g/mol. The number of aromatic nitrogens is 3. The molecule has 3 heterocycles. The van der Waals surface area contributed by atoms with Crippen molar-refractivity contribution >= 4 is 10.8 Å². The second-order valence-electron chi connectivity index (χ2n) is 6.92. The third kappa shape index (κ3) is 2.71. The maximum absolute atomic E-state index is 4.69. The SMILES string of the molecule is CC(C)N1CCC(n2ccnc2-c2cccc3cnccc23)CC1. The molecule has 0 radical (unpaired) electrons. The molecule has 1 saturated heterocycles. The van der Waals surface area contributed by atoms with Crippen molar-refractivity contribution in [1.82, 2.24) is 19.4 Å². The minimum Gasteiger partial charge on any atom is -0.328 e. The van der Waals surface area contributed by atoms with Gasteiger partial charge in [-0.1, -0.05) is 18.2 Å². The number of rotatable bonds is 3. The van der Waals surface area contributed by atoms with E-state index in [1.807, 2.05) is 18.6 Å². The number of piperidine rings is 1. The Bertz CT molecular complexity index is 823. The molecule has 0 atom stereocenters. The van der Waals surface area contributed by atoms with Crippen molar-refractivity contribution in [3.05, 3.63) is 49.1 Å². The maximum atomic E-state index is 4.69. The molecule has 0 N–H and O–H groups in total. The van der Waals surface area contributed by atoms with Gasteiger partial charge in [-0.15, -0.1) is 0 Å². The van der Waals surface area contributed by atoms with Crippen LogP contribution in [0.5, 0.6) is 0 Å². The zero-order valence-corrected chi connectivity index (χ0v) is 14.4. The summed E-state index contributed by atoms with van der Waals surface area (Å²) in [5, 5.41) is 2.39. The Balaban J connectivity index is 1.68. The molecule has 1 aromatic carbocycles. The molecule has 0 amide bonds. The Morgan fingerprint density at radius 1 is 1.08 bits per heavy atom. The molecule has 0 unspecified atom stereocenters. The number of hydrogen-bond donors (Lipinski definition) is 0. The van der Waals surface area contributed by atoms with E-state index in [9.17, 15) is 0 Å². The van der Waals surface area contributed by atoms with Crippen LogP contribution in [0, 0.1) is 0 Å². The summed E-state index contributed by atoms with van der Waals surface area (Å²) in [6.07, 6.45) is 10.2. The molecule has 4 rings (SSSR count).